The number of rotatable bonds is 3. The van der Waals surface area contributed by atoms with Crippen LogP contribution in [-0.4, -0.2) is 26.1 Å². The summed E-state index contributed by atoms with van der Waals surface area (Å²) in [6, 6.07) is 9.17. The topological polar surface area (TPSA) is 63.6 Å². The van der Waals surface area contributed by atoms with Gasteiger partial charge in [-0.05, 0) is 35.4 Å². The van der Waals surface area contributed by atoms with Gasteiger partial charge in [0.25, 0.3) is 0 Å². The van der Waals surface area contributed by atoms with Gasteiger partial charge in [0, 0.05) is 6.26 Å². The van der Waals surface area contributed by atoms with Gasteiger partial charge >= 0.3 is 6.36 Å². The number of benzene rings is 2. The van der Waals surface area contributed by atoms with Gasteiger partial charge in [-0.2, -0.15) is 0 Å². The number of alkyl halides is 3. The summed E-state index contributed by atoms with van der Waals surface area (Å²) >= 11 is 0. The molecule has 0 aliphatic heterocycles. The highest BCUT2D eigenvalue weighted by atomic mass is 32.2. The molecule has 2 aromatic rings. The first kappa shape index (κ1) is 16.2. The highest BCUT2D eigenvalue weighted by Gasteiger charge is 2.32. The molecule has 0 atom stereocenters. The van der Waals surface area contributed by atoms with Crippen LogP contribution in [0.2, 0.25) is 0 Å². The second-order valence-corrected chi connectivity index (χ2v) is 6.54. The Morgan fingerprint density at radius 1 is 1.00 bits per heavy atom. The highest BCUT2D eigenvalue weighted by molar-refractivity contribution is 7.90. The van der Waals surface area contributed by atoms with Crippen LogP contribution >= 0.6 is 0 Å². The van der Waals surface area contributed by atoms with E-state index in [1.165, 1.54) is 30.3 Å². The van der Waals surface area contributed by atoms with Crippen molar-refractivity contribution in [2.24, 2.45) is 0 Å². The Kier molecular flexibility index (Phi) is 4.06. The number of aromatic hydroxyl groups is 1. The molecule has 118 valence electrons. The lowest BCUT2D eigenvalue weighted by molar-refractivity contribution is -0.275. The molecule has 0 bridgehead atoms. The molecule has 8 heteroatoms. The minimum absolute atomic E-state index is 0.123. The Labute approximate surface area is 124 Å². The summed E-state index contributed by atoms with van der Waals surface area (Å²) in [5, 5.41) is 9.58. The maximum absolute atomic E-state index is 12.1. The van der Waals surface area contributed by atoms with Gasteiger partial charge in [0.05, 0.1) is 4.90 Å². The second kappa shape index (κ2) is 5.53. The Bertz CT molecular complexity index is 781. The largest absolute Gasteiger partial charge is 0.573 e. The lowest BCUT2D eigenvalue weighted by Crippen LogP contribution is -2.17. The van der Waals surface area contributed by atoms with E-state index in [4.69, 9.17) is 0 Å². The SMILES string of the molecule is CS(=O)(=O)c1ccc(-c2ccc(OC(F)(F)F)c(O)c2)cc1. The van der Waals surface area contributed by atoms with Crippen molar-refractivity contribution in [3.63, 3.8) is 0 Å². The zero-order valence-electron chi connectivity index (χ0n) is 11.3. The van der Waals surface area contributed by atoms with Crippen LogP contribution in [0.1, 0.15) is 0 Å². The summed E-state index contributed by atoms with van der Waals surface area (Å²) < 4.78 is 62.7. The molecule has 0 saturated carbocycles. The Morgan fingerprint density at radius 3 is 2.00 bits per heavy atom. The standard InChI is InChI=1S/C14H11F3O4S/c1-22(19,20)11-5-2-9(3-6-11)10-4-7-13(12(18)8-10)21-14(15,16)17/h2-8,18H,1H3. The molecule has 1 N–H and O–H groups in total. The molecule has 0 radical (unpaired) electrons. The van der Waals surface area contributed by atoms with Gasteiger partial charge in [0.1, 0.15) is 0 Å². The summed E-state index contributed by atoms with van der Waals surface area (Å²) in [7, 11) is -3.33. The Morgan fingerprint density at radius 2 is 1.55 bits per heavy atom. The van der Waals surface area contributed by atoms with E-state index in [0.717, 1.165) is 18.4 Å². The van der Waals surface area contributed by atoms with Gasteiger partial charge in [-0.1, -0.05) is 18.2 Å². The van der Waals surface area contributed by atoms with Crippen molar-refractivity contribution < 1.29 is 31.4 Å². The predicted molar refractivity (Wildman–Crippen MR) is 73.3 cm³/mol. The third kappa shape index (κ3) is 3.91. The summed E-state index contributed by atoms with van der Waals surface area (Å²) in [5.74, 6) is -1.37. The van der Waals surface area contributed by atoms with E-state index in [1.807, 2.05) is 0 Å². The van der Waals surface area contributed by atoms with E-state index in [0.29, 0.717) is 11.1 Å². The lowest BCUT2D eigenvalue weighted by Gasteiger charge is -2.11. The number of ether oxygens (including phenoxy) is 1. The van der Waals surface area contributed by atoms with Gasteiger partial charge in [-0.15, -0.1) is 13.2 Å². The molecule has 22 heavy (non-hydrogen) atoms. The van der Waals surface area contributed by atoms with E-state index in [1.54, 1.807) is 0 Å². The molecule has 2 rings (SSSR count). The Balaban J connectivity index is 2.32. The predicted octanol–water partition coefficient (Wildman–Crippen LogP) is 3.36. The summed E-state index contributed by atoms with van der Waals surface area (Å²) in [5.41, 5.74) is 0.966. The normalized spacial score (nSPS) is 12.2. The molecule has 0 heterocycles. The van der Waals surface area contributed by atoms with E-state index in [2.05, 4.69) is 4.74 Å². The zero-order chi connectivity index (χ0) is 16.5. The van der Waals surface area contributed by atoms with Crippen LogP contribution in [-0.2, 0) is 9.84 Å². The minimum atomic E-state index is -4.89. The minimum Gasteiger partial charge on any atom is -0.504 e. The van der Waals surface area contributed by atoms with Crippen molar-refractivity contribution in [3.8, 4) is 22.6 Å². The number of hydrogen-bond acceptors (Lipinski definition) is 4. The summed E-state index contributed by atoms with van der Waals surface area (Å²) in [4.78, 5) is 0.123. The number of phenols is 1. The van der Waals surface area contributed by atoms with Gasteiger partial charge in [-0.25, -0.2) is 8.42 Å². The summed E-state index contributed by atoms with van der Waals surface area (Å²) in [6.45, 7) is 0. The zero-order valence-corrected chi connectivity index (χ0v) is 12.1. The van der Waals surface area contributed by atoms with Gasteiger partial charge in [0.15, 0.2) is 21.3 Å². The number of sulfone groups is 1. The molecule has 0 fully saturated rings. The van der Waals surface area contributed by atoms with Crippen LogP contribution < -0.4 is 4.74 Å². The van der Waals surface area contributed by atoms with E-state index in [-0.39, 0.29) is 4.90 Å². The number of hydrogen-bond donors (Lipinski definition) is 1. The first-order valence-corrected chi connectivity index (χ1v) is 7.85. The third-order valence-corrected chi connectivity index (χ3v) is 3.93. The van der Waals surface area contributed by atoms with Crippen molar-refractivity contribution in [2.75, 3.05) is 6.26 Å². The van der Waals surface area contributed by atoms with E-state index >= 15 is 0 Å². The molecule has 0 amide bonds. The van der Waals surface area contributed by atoms with Gasteiger partial charge in [-0.3, -0.25) is 0 Å². The Hall–Kier alpha value is -2.22. The molecule has 0 unspecified atom stereocenters. The molecular formula is C14H11F3O4S. The maximum atomic E-state index is 12.1. The van der Waals surface area contributed by atoms with Crippen LogP contribution in [0.3, 0.4) is 0 Å². The molecule has 0 aromatic heterocycles. The molecule has 0 aliphatic rings. The first-order valence-electron chi connectivity index (χ1n) is 5.95. The average molecular weight is 332 g/mol. The fraction of sp³-hybridized carbons (Fsp3) is 0.143. The molecule has 0 aliphatic carbocycles. The van der Waals surface area contributed by atoms with E-state index < -0.39 is 27.7 Å². The second-order valence-electron chi connectivity index (χ2n) is 4.53. The summed E-state index contributed by atoms with van der Waals surface area (Å²) in [6.07, 6.45) is -3.83. The fourth-order valence-corrected chi connectivity index (χ4v) is 2.43. The average Bonchev–Trinajstić information content (AvgIpc) is 2.39. The maximum Gasteiger partial charge on any atom is 0.573 e. The molecule has 2 aromatic carbocycles. The molecule has 4 nitrogen and oxygen atoms in total. The van der Waals surface area contributed by atoms with Crippen molar-refractivity contribution in [2.45, 2.75) is 11.3 Å². The van der Waals surface area contributed by atoms with Crippen molar-refractivity contribution in [1.29, 1.82) is 0 Å². The van der Waals surface area contributed by atoms with E-state index in [9.17, 15) is 26.7 Å². The van der Waals surface area contributed by atoms with Crippen molar-refractivity contribution in [3.05, 3.63) is 42.5 Å². The smallest absolute Gasteiger partial charge is 0.504 e. The first-order chi connectivity index (χ1) is 10.1. The third-order valence-electron chi connectivity index (χ3n) is 2.80. The quantitative estimate of drug-likeness (QED) is 0.936. The van der Waals surface area contributed by atoms with Gasteiger partial charge in [0.2, 0.25) is 0 Å². The van der Waals surface area contributed by atoms with Crippen LogP contribution in [0, 0.1) is 0 Å². The monoisotopic (exact) mass is 332 g/mol. The lowest BCUT2D eigenvalue weighted by atomic mass is 10.1. The number of phenolic OH excluding ortho intramolecular Hbond substituents is 1. The molecule has 0 spiro atoms. The van der Waals surface area contributed by atoms with Crippen LogP contribution in [0.5, 0.6) is 11.5 Å². The van der Waals surface area contributed by atoms with Gasteiger partial charge < -0.3 is 9.84 Å². The molecule has 0 saturated heterocycles. The van der Waals surface area contributed by atoms with Crippen LogP contribution in [0.4, 0.5) is 13.2 Å². The van der Waals surface area contributed by atoms with Crippen LogP contribution in [0.15, 0.2) is 47.4 Å². The van der Waals surface area contributed by atoms with Crippen molar-refractivity contribution >= 4 is 9.84 Å². The fourth-order valence-electron chi connectivity index (χ4n) is 1.80. The van der Waals surface area contributed by atoms with Crippen LogP contribution in [0.25, 0.3) is 11.1 Å². The number of halogens is 3. The highest BCUT2D eigenvalue weighted by Crippen LogP contribution is 2.35. The molecular weight excluding hydrogens is 321 g/mol. The van der Waals surface area contributed by atoms with Crippen molar-refractivity contribution in [1.82, 2.24) is 0 Å².